The number of ether oxygens (including phenoxy) is 1. The topological polar surface area (TPSA) is 26.3 Å². The highest BCUT2D eigenvalue weighted by Crippen LogP contribution is 2.50. The number of hydrogen-bond acceptors (Lipinski definition) is 2. The average Bonchev–Trinajstić information content (AvgIpc) is 3.30. The van der Waals surface area contributed by atoms with E-state index >= 15 is 0 Å². The van der Waals surface area contributed by atoms with Gasteiger partial charge in [-0.1, -0.05) is 29.8 Å². The van der Waals surface area contributed by atoms with Crippen LogP contribution in [0.5, 0.6) is 5.75 Å². The quantitative estimate of drug-likeness (QED) is 0.748. The summed E-state index contributed by atoms with van der Waals surface area (Å²) in [7, 11) is 0. The van der Waals surface area contributed by atoms with Crippen LogP contribution < -0.4 is 4.74 Å². The summed E-state index contributed by atoms with van der Waals surface area (Å²) < 4.78 is 5.55. The molecule has 1 fully saturated rings. The Kier molecular flexibility index (Phi) is 4.02. The summed E-state index contributed by atoms with van der Waals surface area (Å²) in [6.07, 6.45) is 0.946. The van der Waals surface area contributed by atoms with Crippen LogP contribution in [0.2, 0.25) is 0 Å². The van der Waals surface area contributed by atoms with Crippen molar-refractivity contribution in [3.8, 4) is 5.75 Å². The molecular weight excluding hydrogens is 272 g/mol. The fourth-order valence-electron chi connectivity index (χ4n) is 3.06. The van der Waals surface area contributed by atoms with Crippen LogP contribution in [-0.2, 0) is 0 Å². The molecule has 0 bridgehead atoms. The van der Waals surface area contributed by atoms with E-state index in [0.717, 1.165) is 28.9 Å². The molecular formula is C20H22O2. The highest BCUT2D eigenvalue weighted by molar-refractivity contribution is 6.01. The summed E-state index contributed by atoms with van der Waals surface area (Å²) in [5, 5.41) is 0. The van der Waals surface area contributed by atoms with Crippen molar-refractivity contribution in [2.24, 2.45) is 5.92 Å². The molecule has 22 heavy (non-hydrogen) atoms. The van der Waals surface area contributed by atoms with Crippen LogP contribution in [0.3, 0.4) is 0 Å². The lowest BCUT2D eigenvalue weighted by Gasteiger charge is -2.07. The second-order valence-electron chi connectivity index (χ2n) is 6.14. The molecule has 0 heterocycles. The normalized spacial score (nSPS) is 19.8. The van der Waals surface area contributed by atoms with Crippen LogP contribution in [0, 0.1) is 19.8 Å². The first kappa shape index (κ1) is 14.8. The van der Waals surface area contributed by atoms with Crippen LogP contribution >= 0.6 is 0 Å². The zero-order valence-electron chi connectivity index (χ0n) is 13.4. The highest BCUT2D eigenvalue weighted by atomic mass is 16.5. The zero-order chi connectivity index (χ0) is 15.7. The van der Waals surface area contributed by atoms with E-state index in [-0.39, 0.29) is 11.7 Å². The Bertz CT molecular complexity index is 703. The molecule has 2 aromatic rings. The smallest absolute Gasteiger partial charge is 0.166 e. The SMILES string of the molecule is CCOc1cccc(C2CC2C(=O)c2cc(C)ccc2C)c1. The van der Waals surface area contributed by atoms with Crippen LogP contribution in [0.25, 0.3) is 0 Å². The largest absolute Gasteiger partial charge is 0.494 e. The summed E-state index contributed by atoms with van der Waals surface area (Å²) >= 11 is 0. The standard InChI is InChI=1S/C20H22O2/c1-4-22-16-7-5-6-15(11-16)18-12-19(18)20(21)17-10-13(2)8-9-14(17)3/h5-11,18-19H,4,12H2,1-3H3. The van der Waals surface area contributed by atoms with Gasteiger partial charge >= 0.3 is 0 Å². The van der Waals surface area contributed by atoms with Crippen molar-refractivity contribution >= 4 is 5.78 Å². The van der Waals surface area contributed by atoms with E-state index in [1.54, 1.807) is 0 Å². The fourth-order valence-corrected chi connectivity index (χ4v) is 3.06. The van der Waals surface area contributed by atoms with Gasteiger partial charge in [-0.3, -0.25) is 4.79 Å². The van der Waals surface area contributed by atoms with E-state index in [4.69, 9.17) is 4.74 Å². The molecule has 1 aliphatic rings. The molecule has 0 amide bonds. The molecule has 3 rings (SSSR count). The fraction of sp³-hybridized carbons (Fsp3) is 0.350. The van der Waals surface area contributed by atoms with E-state index in [1.807, 2.05) is 45.0 Å². The van der Waals surface area contributed by atoms with Gasteiger partial charge < -0.3 is 4.74 Å². The molecule has 2 aromatic carbocycles. The Labute approximate surface area is 132 Å². The van der Waals surface area contributed by atoms with Gasteiger partial charge in [0.15, 0.2) is 5.78 Å². The minimum absolute atomic E-state index is 0.123. The van der Waals surface area contributed by atoms with Gasteiger partial charge in [-0.15, -0.1) is 0 Å². The van der Waals surface area contributed by atoms with Crippen molar-refractivity contribution in [1.82, 2.24) is 0 Å². The molecule has 2 unspecified atom stereocenters. The minimum Gasteiger partial charge on any atom is -0.494 e. The molecule has 0 aromatic heterocycles. The highest BCUT2D eigenvalue weighted by Gasteiger charge is 2.44. The van der Waals surface area contributed by atoms with Crippen LogP contribution in [-0.4, -0.2) is 12.4 Å². The zero-order valence-corrected chi connectivity index (χ0v) is 13.4. The number of hydrogen-bond donors (Lipinski definition) is 0. The second-order valence-corrected chi connectivity index (χ2v) is 6.14. The number of carbonyl (C=O) groups excluding carboxylic acids is 1. The van der Waals surface area contributed by atoms with Gasteiger partial charge in [0.05, 0.1) is 6.61 Å². The first-order valence-electron chi connectivity index (χ1n) is 7.94. The molecule has 0 N–H and O–H groups in total. The van der Waals surface area contributed by atoms with Gasteiger partial charge in [-0.25, -0.2) is 0 Å². The van der Waals surface area contributed by atoms with Crippen molar-refractivity contribution in [2.75, 3.05) is 6.61 Å². The third-order valence-corrected chi connectivity index (χ3v) is 4.38. The lowest BCUT2D eigenvalue weighted by atomic mass is 9.97. The van der Waals surface area contributed by atoms with Crippen LogP contribution in [0.4, 0.5) is 0 Å². The molecule has 0 aliphatic heterocycles. The maximum absolute atomic E-state index is 12.7. The summed E-state index contributed by atoms with van der Waals surface area (Å²) in [6.45, 7) is 6.70. The van der Waals surface area contributed by atoms with E-state index in [9.17, 15) is 4.79 Å². The predicted octanol–water partition coefficient (Wildman–Crippen LogP) is 4.69. The molecule has 0 radical (unpaired) electrons. The monoisotopic (exact) mass is 294 g/mol. The van der Waals surface area contributed by atoms with E-state index in [2.05, 4.69) is 18.2 Å². The van der Waals surface area contributed by atoms with Crippen molar-refractivity contribution in [1.29, 1.82) is 0 Å². The second kappa shape index (κ2) is 5.96. The molecule has 0 saturated heterocycles. The number of Topliss-reactive ketones (excluding diaryl/α,β-unsaturated/α-hetero) is 1. The van der Waals surface area contributed by atoms with E-state index < -0.39 is 0 Å². The lowest BCUT2D eigenvalue weighted by Crippen LogP contribution is -2.06. The first-order valence-corrected chi connectivity index (χ1v) is 7.94. The Morgan fingerprint density at radius 1 is 1.18 bits per heavy atom. The van der Waals surface area contributed by atoms with Gasteiger partial charge in [0, 0.05) is 11.5 Å². The van der Waals surface area contributed by atoms with Gasteiger partial charge in [-0.2, -0.15) is 0 Å². The van der Waals surface area contributed by atoms with Crippen molar-refractivity contribution < 1.29 is 9.53 Å². The maximum atomic E-state index is 12.7. The molecule has 114 valence electrons. The molecule has 1 saturated carbocycles. The molecule has 2 atom stereocenters. The number of aryl methyl sites for hydroxylation is 2. The average molecular weight is 294 g/mol. The Hall–Kier alpha value is -2.09. The van der Waals surface area contributed by atoms with Crippen LogP contribution in [0.15, 0.2) is 42.5 Å². The molecule has 0 spiro atoms. The Balaban J connectivity index is 1.78. The lowest BCUT2D eigenvalue weighted by molar-refractivity contribution is 0.0964. The van der Waals surface area contributed by atoms with Gasteiger partial charge in [-0.05, 0) is 62.4 Å². The third kappa shape index (κ3) is 2.92. The van der Waals surface area contributed by atoms with Crippen molar-refractivity contribution in [3.05, 3.63) is 64.7 Å². The maximum Gasteiger partial charge on any atom is 0.166 e. The first-order chi connectivity index (χ1) is 10.6. The van der Waals surface area contributed by atoms with Gasteiger partial charge in [0.2, 0.25) is 0 Å². The van der Waals surface area contributed by atoms with Crippen molar-refractivity contribution in [3.63, 3.8) is 0 Å². The minimum atomic E-state index is 0.123. The Morgan fingerprint density at radius 3 is 2.77 bits per heavy atom. The Morgan fingerprint density at radius 2 is 2.00 bits per heavy atom. The third-order valence-electron chi connectivity index (χ3n) is 4.38. The predicted molar refractivity (Wildman–Crippen MR) is 88.7 cm³/mol. The summed E-state index contributed by atoms with van der Waals surface area (Å²) in [5.41, 5.74) is 4.32. The summed E-state index contributed by atoms with van der Waals surface area (Å²) in [4.78, 5) is 12.7. The molecule has 1 aliphatic carbocycles. The summed E-state index contributed by atoms with van der Waals surface area (Å²) in [5.74, 6) is 1.64. The van der Waals surface area contributed by atoms with Gasteiger partial charge in [0.1, 0.15) is 5.75 Å². The number of benzene rings is 2. The van der Waals surface area contributed by atoms with Crippen molar-refractivity contribution in [2.45, 2.75) is 33.1 Å². The van der Waals surface area contributed by atoms with Gasteiger partial charge in [0.25, 0.3) is 0 Å². The number of rotatable bonds is 5. The van der Waals surface area contributed by atoms with E-state index in [1.165, 1.54) is 5.56 Å². The molecule has 2 heteroatoms. The molecule has 2 nitrogen and oxygen atoms in total. The number of ketones is 1. The number of carbonyl (C=O) groups is 1. The van der Waals surface area contributed by atoms with Crippen LogP contribution in [0.1, 0.15) is 46.3 Å². The summed E-state index contributed by atoms with van der Waals surface area (Å²) in [6, 6.07) is 14.3. The van der Waals surface area contributed by atoms with E-state index in [0.29, 0.717) is 12.5 Å².